The Morgan fingerprint density at radius 2 is 1.56 bits per heavy atom. The highest BCUT2D eigenvalue weighted by Crippen LogP contribution is 2.44. The molecule has 3 nitrogen and oxygen atoms in total. The topological polar surface area (TPSA) is 23.6 Å². The van der Waals surface area contributed by atoms with Gasteiger partial charge in [-0.3, -0.25) is 4.79 Å². The van der Waals surface area contributed by atoms with Gasteiger partial charge >= 0.3 is 0 Å². The van der Waals surface area contributed by atoms with Crippen LogP contribution in [0.5, 0.6) is 0 Å². The first-order valence-electron chi connectivity index (χ1n) is 9.06. The highest BCUT2D eigenvalue weighted by molar-refractivity contribution is 6.30. The smallest absolute Gasteiger partial charge is 0.230 e. The Hall–Kier alpha value is -2.00. The molecule has 1 aliphatic carbocycles. The number of halogens is 1. The fourth-order valence-corrected chi connectivity index (χ4v) is 3.86. The number of hydrogen-bond donors (Lipinski definition) is 0. The lowest BCUT2D eigenvalue weighted by Gasteiger charge is -2.37. The molecule has 0 spiro atoms. The van der Waals surface area contributed by atoms with Crippen LogP contribution in [-0.4, -0.2) is 37.0 Å². The zero-order valence-electron chi connectivity index (χ0n) is 14.3. The van der Waals surface area contributed by atoms with Crippen LogP contribution in [-0.2, 0) is 4.79 Å². The highest BCUT2D eigenvalue weighted by Gasteiger charge is 2.39. The maximum absolute atomic E-state index is 13.2. The van der Waals surface area contributed by atoms with Crippen LogP contribution in [0, 0.1) is 5.92 Å². The Bertz CT molecular complexity index is 719. The van der Waals surface area contributed by atoms with Gasteiger partial charge in [-0.1, -0.05) is 41.9 Å². The maximum atomic E-state index is 13.2. The van der Waals surface area contributed by atoms with Gasteiger partial charge in [0.1, 0.15) is 0 Å². The molecule has 4 heteroatoms. The van der Waals surface area contributed by atoms with Crippen LogP contribution >= 0.6 is 11.6 Å². The van der Waals surface area contributed by atoms with Crippen molar-refractivity contribution < 1.29 is 4.79 Å². The summed E-state index contributed by atoms with van der Waals surface area (Å²) in [6.07, 6.45) is 2.31. The molecule has 4 rings (SSSR count). The largest absolute Gasteiger partial charge is 0.368 e. The summed E-state index contributed by atoms with van der Waals surface area (Å²) in [7, 11) is 0. The summed E-state index contributed by atoms with van der Waals surface area (Å²) in [4.78, 5) is 17.6. The van der Waals surface area contributed by atoms with Gasteiger partial charge in [-0.15, -0.1) is 0 Å². The zero-order chi connectivity index (χ0) is 17.2. The molecule has 1 saturated carbocycles. The van der Waals surface area contributed by atoms with Crippen molar-refractivity contribution >= 4 is 23.2 Å². The van der Waals surface area contributed by atoms with E-state index in [4.69, 9.17) is 11.6 Å². The average Bonchev–Trinajstić information content (AvgIpc) is 3.49. The van der Waals surface area contributed by atoms with E-state index in [1.165, 1.54) is 5.69 Å². The molecule has 25 heavy (non-hydrogen) atoms. The second-order valence-electron chi connectivity index (χ2n) is 7.01. The van der Waals surface area contributed by atoms with Gasteiger partial charge in [-0.2, -0.15) is 0 Å². The number of anilines is 1. The summed E-state index contributed by atoms with van der Waals surface area (Å²) in [5.41, 5.74) is 2.36. The highest BCUT2D eigenvalue weighted by atomic mass is 35.5. The van der Waals surface area contributed by atoms with Gasteiger partial charge in [-0.05, 0) is 48.6 Å². The van der Waals surface area contributed by atoms with Crippen LogP contribution < -0.4 is 4.90 Å². The van der Waals surface area contributed by atoms with Crippen LogP contribution in [0.4, 0.5) is 5.69 Å². The molecular formula is C21H23ClN2O. The van der Waals surface area contributed by atoms with E-state index in [9.17, 15) is 4.79 Å². The molecule has 0 bridgehead atoms. The van der Waals surface area contributed by atoms with Crippen molar-refractivity contribution in [1.82, 2.24) is 4.90 Å². The lowest BCUT2D eigenvalue weighted by molar-refractivity contribution is -0.133. The van der Waals surface area contributed by atoms with E-state index in [1.807, 2.05) is 30.3 Å². The molecule has 130 valence electrons. The predicted molar refractivity (Wildman–Crippen MR) is 102 cm³/mol. The Kier molecular flexibility index (Phi) is 4.67. The number of amides is 1. The molecular weight excluding hydrogens is 332 g/mol. The van der Waals surface area contributed by atoms with Gasteiger partial charge in [0.2, 0.25) is 5.91 Å². The van der Waals surface area contributed by atoms with Crippen molar-refractivity contribution in [3.8, 4) is 0 Å². The molecule has 0 aromatic heterocycles. The molecule has 2 aromatic carbocycles. The molecule has 1 amide bonds. The van der Waals surface area contributed by atoms with Crippen LogP contribution in [0.2, 0.25) is 5.02 Å². The molecule has 2 fully saturated rings. The van der Waals surface area contributed by atoms with Crippen molar-refractivity contribution in [2.75, 3.05) is 31.1 Å². The van der Waals surface area contributed by atoms with E-state index in [2.05, 4.69) is 34.1 Å². The Morgan fingerprint density at radius 3 is 2.16 bits per heavy atom. The first-order valence-corrected chi connectivity index (χ1v) is 9.44. The molecule has 2 aliphatic rings. The van der Waals surface area contributed by atoms with E-state index in [0.717, 1.165) is 49.6 Å². The number of para-hydroxylation sites is 1. The molecule has 1 unspecified atom stereocenters. The van der Waals surface area contributed by atoms with E-state index in [1.54, 1.807) is 0 Å². The number of benzene rings is 2. The first-order chi connectivity index (χ1) is 12.2. The van der Waals surface area contributed by atoms with Crippen molar-refractivity contribution in [1.29, 1.82) is 0 Å². The second-order valence-corrected chi connectivity index (χ2v) is 7.45. The summed E-state index contributed by atoms with van der Waals surface area (Å²) in [5.74, 6) is 0.791. The van der Waals surface area contributed by atoms with Crippen molar-refractivity contribution in [3.63, 3.8) is 0 Å². The molecule has 0 radical (unpaired) electrons. The van der Waals surface area contributed by atoms with Crippen molar-refractivity contribution in [3.05, 3.63) is 65.2 Å². The number of piperazine rings is 1. The van der Waals surface area contributed by atoms with Crippen molar-refractivity contribution in [2.45, 2.75) is 18.8 Å². The third-order valence-corrected chi connectivity index (χ3v) is 5.55. The van der Waals surface area contributed by atoms with E-state index >= 15 is 0 Å². The standard InChI is InChI=1S/C21H23ClN2O/c22-18-10-8-17(9-11-18)20(16-6-7-16)21(25)24-14-12-23(13-15-24)19-4-2-1-3-5-19/h1-5,8-11,16,20H,6-7,12-15H2. The Labute approximate surface area is 154 Å². The second kappa shape index (κ2) is 7.09. The first kappa shape index (κ1) is 16.5. The average molecular weight is 355 g/mol. The number of nitrogens with zero attached hydrogens (tertiary/aromatic N) is 2. The Balaban J connectivity index is 1.44. The molecule has 0 N–H and O–H groups in total. The predicted octanol–water partition coefficient (Wildman–Crippen LogP) is 4.18. The van der Waals surface area contributed by atoms with Gasteiger partial charge < -0.3 is 9.80 Å². The summed E-state index contributed by atoms with van der Waals surface area (Å²) in [6, 6.07) is 18.3. The Morgan fingerprint density at radius 1 is 0.920 bits per heavy atom. The van der Waals surface area contributed by atoms with E-state index in [-0.39, 0.29) is 11.8 Å². The fourth-order valence-electron chi connectivity index (χ4n) is 3.74. The monoisotopic (exact) mass is 354 g/mol. The van der Waals surface area contributed by atoms with Crippen LogP contribution in [0.1, 0.15) is 24.3 Å². The van der Waals surface area contributed by atoms with Crippen LogP contribution in [0.15, 0.2) is 54.6 Å². The zero-order valence-corrected chi connectivity index (χ0v) is 15.0. The third-order valence-electron chi connectivity index (χ3n) is 5.30. The minimum absolute atomic E-state index is 0.000502. The van der Waals surface area contributed by atoms with Crippen molar-refractivity contribution in [2.24, 2.45) is 5.92 Å². The molecule has 1 aliphatic heterocycles. The van der Waals surface area contributed by atoms with Crippen LogP contribution in [0.3, 0.4) is 0 Å². The van der Waals surface area contributed by atoms with Gasteiger partial charge in [-0.25, -0.2) is 0 Å². The number of hydrogen-bond acceptors (Lipinski definition) is 2. The third kappa shape index (κ3) is 3.67. The van der Waals surface area contributed by atoms with Gasteiger partial charge in [0, 0.05) is 36.9 Å². The van der Waals surface area contributed by atoms with Gasteiger partial charge in [0.15, 0.2) is 0 Å². The number of carbonyl (C=O) groups excluding carboxylic acids is 1. The van der Waals surface area contributed by atoms with Gasteiger partial charge in [0.25, 0.3) is 0 Å². The fraction of sp³-hybridized carbons (Fsp3) is 0.381. The summed E-state index contributed by atoms with van der Waals surface area (Å²) in [5, 5.41) is 0.724. The maximum Gasteiger partial charge on any atom is 0.230 e. The number of rotatable bonds is 4. The van der Waals surface area contributed by atoms with Crippen LogP contribution in [0.25, 0.3) is 0 Å². The van der Waals surface area contributed by atoms with Gasteiger partial charge in [0.05, 0.1) is 5.92 Å². The summed E-state index contributed by atoms with van der Waals surface area (Å²) < 4.78 is 0. The minimum Gasteiger partial charge on any atom is -0.368 e. The molecule has 1 heterocycles. The SMILES string of the molecule is O=C(C(c1ccc(Cl)cc1)C1CC1)N1CCN(c2ccccc2)CC1. The molecule has 1 saturated heterocycles. The summed E-state index contributed by atoms with van der Waals surface area (Å²) >= 11 is 6.01. The summed E-state index contributed by atoms with van der Waals surface area (Å²) in [6.45, 7) is 3.39. The van der Waals surface area contributed by atoms with E-state index in [0.29, 0.717) is 5.92 Å². The van der Waals surface area contributed by atoms with E-state index < -0.39 is 0 Å². The lowest BCUT2D eigenvalue weighted by atomic mass is 9.92. The molecule has 1 atom stereocenters. The quantitative estimate of drug-likeness (QED) is 0.822. The minimum atomic E-state index is 0.000502. The number of carbonyl (C=O) groups is 1. The lowest BCUT2D eigenvalue weighted by Crippen LogP contribution is -2.50. The molecule has 2 aromatic rings. The normalized spacial score (nSPS) is 18.9.